The van der Waals surface area contributed by atoms with Crippen LogP contribution in [-0.4, -0.2) is 31.2 Å². The molecule has 6 nitrogen and oxygen atoms in total. The van der Waals surface area contributed by atoms with E-state index >= 15 is 0 Å². The highest BCUT2D eigenvalue weighted by molar-refractivity contribution is 5.96. The Balaban J connectivity index is 1.91. The predicted molar refractivity (Wildman–Crippen MR) is 108 cm³/mol. The topological polar surface area (TPSA) is 73.9 Å². The van der Waals surface area contributed by atoms with Gasteiger partial charge in [-0.1, -0.05) is 29.8 Å². The molecule has 0 aliphatic heterocycles. The Hall–Kier alpha value is -3.02. The van der Waals surface area contributed by atoms with E-state index in [1.807, 2.05) is 45.9 Å². The van der Waals surface area contributed by atoms with Crippen molar-refractivity contribution < 1.29 is 23.8 Å². The van der Waals surface area contributed by atoms with Gasteiger partial charge in [-0.25, -0.2) is 4.79 Å². The summed E-state index contributed by atoms with van der Waals surface area (Å²) in [5, 5.41) is 2.83. The minimum absolute atomic E-state index is 0.315. The highest BCUT2D eigenvalue weighted by atomic mass is 16.6. The summed E-state index contributed by atoms with van der Waals surface area (Å²) >= 11 is 0. The number of nitrogens with one attached hydrogen (secondary N) is 1. The maximum absolute atomic E-state index is 12.4. The fourth-order valence-corrected chi connectivity index (χ4v) is 2.87. The van der Waals surface area contributed by atoms with Crippen LogP contribution in [0.5, 0.6) is 11.5 Å². The average molecular weight is 385 g/mol. The molecular formula is C22H27NO5. The lowest BCUT2D eigenvalue weighted by Crippen LogP contribution is -2.32. The maximum atomic E-state index is 12.4. The summed E-state index contributed by atoms with van der Waals surface area (Å²) in [4.78, 5) is 24.5. The third kappa shape index (κ3) is 5.74. The number of para-hydroxylation sites is 2. The van der Waals surface area contributed by atoms with Crippen molar-refractivity contribution in [1.29, 1.82) is 0 Å². The van der Waals surface area contributed by atoms with Gasteiger partial charge >= 0.3 is 5.97 Å². The third-order valence-electron chi connectivity index (χ3n) is 4.10. The Labute approximate surface area is 165 Å². The average Bonchev–Trinajstić information content (AvgIpc) is 2.64. The summed E-state index contributed by atoms with van der Waals surface area (Å²) < 4.78 is 16.1. The molecule has 1 amide bonds. The van der Waals surface area contributed by atoms with E-state index in [0.717, 1.165) is 22.4 Å². The lowest BCUT2D eigenvalue weighted by molar-refractivity contribution is -0.155. The molecule has 0 saturated heterocycles. The second-order valence-corrected chi connectivity index (χ2v) is 6.56. The van der Waals surface area contributed by atoms with Crippen LogP contribution >= 0.6 is 0 Å². The van der Waals surface area contributed by atoms with Gasteiger partial charge < -0.3 is 19.5 Å². The number of ether oxygens (including phenoxy) is 3. The lowest BCUT2D eigenvalue weighted by Gasteiger charge is -2.17. The molecule has 1 N–H and O–H groups in total. The van der Waals surface area contributed by atoms with E-state index in [2.05, 4.69) is 5.32 Å². The number of aryl methyl sites for hydroxylation is 3. The summed E-state index contributed by atoms with van der Waals surface area (Å²) in [5.41, 5.74) is 3.78. The smallest absolute Gasteiger partial charge is 0.344 e. The predicted octanol–water partition coefficient (Wildman–Crippen LogP) is 3.96. The molecule has 0 heterocycles. The Morgan fingerprint density at radius 2 is 1.57 bits per heavy atom. The molecule has 2 rings (SSSR count). The summed E-state index contributed by atoms with van der Waals surface area (Å²) in [6.07, 6.45) is -0.946. The molecule has 0 aliphatic carbocycles. The van der Waals surface area contributed by atoms with E-state index in [0.29, 0.717) is 18.1 Å². The van der Waals surface area contributed by atoms with Gasteiger partial charge in [-0.3, -0.25) is 4.79 Å². The van der Waals surface area contributed by atoms with Gasteiger partial charge in [0.15, 0.2) is 24.2 Å². The first-order chi connectivity index (χ1) is 13.3. The molecule has 0 aromatic heterocycles. The molecule has 0 fully saturated rings. The zero-order valence-corrected chi connectivity index (χ0v) is 17.0. The van der Waals surface area contributed by atoms with Crippen LogP contribution < -0.4 is 14.8 Å². The van der Waals surface area contributed by atoms with Crippen LogP contribution in [0.4, 0.5) is 5.69 Å². The van der Waals surface area contributed by atoms with Crippen molar-refractivity contribution in [3.63, 3.8) is 0 Å². The molecule has 2 aromatic carbocycles. The quantitative estimate of drug-likeness (QED) is 0.696. The normalized spacial score (nSPS) is 11.5. The van der Waals surface area contributed by atoms with Crippen LogP contribution in [0.2, 0.25) is 0 Å². The van der Waals surface area contributed by atoms with E-state index < -0.39 is 18.0 Å². The summed E-state index contributed by atoms with van der Waals surface area (Å²) in [7, 11) is 0. The molecular weight excluding hydrogens is 358 g/mol. The lowest BCUT2D eigenvalue weighted by atomic mass is 10.0. The molecule has 2 aromatic rings. The number of anilines is 1. The van der Waals surface area contributed by atoms with Crippen molar-refractivity contribution in [3.05, 3.63) is 53.1 Å². The molecule has 6 heteroatoms. The van der Waals surface area contributed by atoms with Crippen LogP contribution in [0.15, 0.2) is 36.4 Å². The van der Waals surface area contributed by atoms with Crippen LogP contribution in [0.1, 0.15) is 30.5 Å². The van der Waals surface area contributed by atoms with E-state index in [-0.39, 0.29) is 6.61 Å². The molecule has 0 saturated carbocycles. The number of carbonyl (C=O) groups excluding carboxylic acids is 2. The molecule has 0 aliphatic rings. The zero-order valence-electron chi connectivity index (χ0n) is 17.0. The monoisotopic (exact) mass is 385 g/mol. The van der Waals surface area contributed by atoms with Crippen LogP contribution in [0, 0.1) is 20.8 Å². The first-order valence-electron chi connectivity index (χ1n) is 9.24. The number of hydrogen-bond acceptors (Lipinski definition) is 5. The fraction of sp³-hybridized carbons (Fsp3) is 0.364. The van der Waals surface area contributed by atoms with E-state index in [4.69, 9.17) is 14.2 Å². The summed E-state index contributed by atoms with van der Waals surface area (Å²) in [5.74, 6) is -0.0253. The molecule has 0 spiro atoms. The van der Waals surface area contributed by atoms with Crippen molar-refractivity contribution in [2.45, 2.75) is 40.7 Å². The van der Waals surface area contributed by atoms with Gasteiger partial charge in [-0.2, -0.15) is 0 Å². The number of amides is 1. The highest BCUT2D eigenvalue weighted by Gasteiger charge is 2.20. The number of carbonyl (C=O) groups is 2. The first-order valence-corrected chi connectivity index (χ1v) is 9.24. The molecule has 1 unspecified atom stereocenters. The van der Waals surface area contributed by atoms with Gasteiger partial charge in [0.1, 0.15) is 0 Å². The highest BCUT2D eigenvalue weighted by Crippen LogP contribution is 2.26. The summed E-state index contributed by atoms with van der Waals surface area (Å²) in [6.45, 7) is 9.42. The van der Waals surface area contributed by atoms with Gasteiger partial charge in [0, 0.05) is 5.69 Å². The molecule has 0 bridgehead atoms. The van der Waals surface area contributed by atoms with Crippen molar-refractivity contribution in [2.75, 3.05) is 18.5 Å². The number of rotatable bonds is 8. The SMILES string of the molecule is CCOc1ccccc1OCC(=O)OC(C)C(=O)Nc1c(C)cc(C)cc1C. The Morgan fingerprint density at radius 3 is 2.14 bits per heavy atom. The minimum atomic E-state index is -0.946. The second-order valence-electron chi connectivity index (χ2n) is 6.56. The van der Waals surface area contributed by atoms with Crippen molar-refractivity contribution in [3.8, 4) is 11.5 Å². The van der Waals surface area contributed by atoms with Gasteiger partial charge in [0.25, 0.3) is 5.91 Å². The van der Waals surface area contributed by atoms with E-state index in [1.165, 1.54) is 6.92 Å². The van der Waals surface area contributed by atoms with Crippen molar-refractivity contribution in [2.24, 2.45) is 0 Å². The second kappa shape index (κ2) is 9.78. The largest absolute Gasteiger partial charge is 0.490 e. The Bertz CT molecular complexity index is 824. The standard InChI is InChI=1S/C22H27NO5/c1-6-26-18-9-7-8-10-19(18)27-13-20(24)28-17(5)22(25)23-21-15(3)11-14(2)12-16(21)4/h7-12,17H,6,13H2,1-5H3,(H,23,25). The molecule has 0 radical (unpaired) electrons. The van der Waals surface area contributed by atoms with Crippen LogP contribution in [-0.2, 0) is 14.3 Å². The maximum Gasteiger partial charge on any atom is 0.344 e. The molecule has 28 heavy (non-hydrogen) atoms. The number of hydrogen-bond donors (Lipinski definition) is 1. The Morgan fingerprint density at radius 1 is 1.00 bits per heavy atom. The van der Waals surface area contributed by atoms with Crippen LogP contribution in [0.25, 0.3) is 0 Å². The summed E-state index contributed by atoms with van der Waals surface area (Å²) in [6, 6.07) is 11.0. The van der Waals surface area contributed by atoms with Gasteiger partial charge in [0.05, 0.1) is 6.61 Å². The van der Waals surface area contributed by atoms with Gasteiger partial charge in [-0.05, 0) is 57.9 Å². The van der Waals surface area contributed by atoms with E-state index in [1.54, 1.807) is 18.2 Å². The van der Waals surface area contributed by atoms with Crippen molar-refractivity contribution in [1.82, 2.24) is 0 Å². The third-order valence-corrected chi connectivity index (χ3v) is 4.10. The van der Waals surface area contributed by atoms with E-state index in [9.17, 15) is 9.59 Å². The molecule has 1 atom stereocenters. The van der Waals surface area contributed by atoms with Gasteiger partial charge in [0.2, 0.25) is 0 Å². The first kappa shape index (κ1) is 21.3. The van der Waals surface area contributed by atoms with Gasteiger partial charge in [-0.15, -0.1) is 0 Å². The number of benzene rings is 2. The number of esters is 1. The fourth-order valence-electron chi connectivity index (χ4n) is 2.87. The van der Waals surface area contributed by atoms with Crippen molar-refractivity contribution >= 4 is 17.6 Å². The minimum Gasteiger partial charge on any atom is -0.490 e. The zero-order chi connectivity index (χ0) is 20.7. The molecule has 150 valence electrons. The Kier molecular flexibility index (Phi) is 7.44. The van der Waals surface area contributed by atoms with Crippen LogP contribution in [0.3, 0.4) is 0 Å².